The van der Waals surface area contributed by atoms with Gasteiger partial charge in [0, 0.05) is 12.5 Å². The lowest BCUT2D eigenvalue weighted by Gasteiger charge is -2.18. The Bertz CT molecular complexity index is 559. The van der Waals surface area contributed by atoms with E-state index in [2.05, 4.69) is 17.3 Å². The summed E-state index contributed by atoms with van der Waals surface area (Å²) in [7, 11) is 0. The minimum atomic E-state index is -0.857. The number of amides is 1. The molecule has 1 aromatic carbocycles. The van der Waals surface area contributed by atoms with E-state index in [1.807, 2.05) is 12.1 Å². The molecule has 0 radical (unpaired) electrons. The smallest absolute Gasteiger partial charge is 0.419 e. The summed E-state index contributed by atoms with van der Waals surface area (Å²) in [6, 6.07) is 9.69. The number of carboxylic acids is 1. The van der Waals surface area contributed by atoms with Crippen LogP contribution in [0.1, 0.15) is 31.9 Å². The Morgan fingerprint density at radius 2 is 1.76 bits per heavy atom. The van der Waals surface area contributed by atoms with Gasteiger partial charge in [-0.2, -0.15) is 0 Å². The number of carbonyl (C=O) groups excluding carboxylic acids is 1. The fourth-order valence-corrected chi connectivity index (χ4v) is 1.49. The second kappa shape index (κ2) is 7.34. The second-order valence-electron chi connectivity index (χ2n) is 5.49. The summed E-state index contributed by atoms with van der Waals surface area (Å²) >= 11 is 0. The van der Waals surface area contributed by atoms with E-state index < -0.39 is 17.7 Å². The van der Waals surface area contributed by atoms with Gasteiger partial charge in [-0.3, -0.25) is 4.79 Å². The summed E-state index contributed by atoms with van der Waals surface area (Å²) in [5.74, 6) is 1.94. The van der Waals surface area contributed by atoms with Crippen molar-refractivity contribution in [3.8, 4) is 12.0 Å². The molecule has 0 saturated heterocycles. The van der Waals surface area contributed by atoms with Crippen molar-refractivity contribution in [2.75, 3.05) is 0 Å². The van der Waals surface area contributed by atoms with Crippen LogP contribution in [-0.4, -0.2) is 22.8 Å². The van der Waals surface area contributed by atoms with Crippen molar-refractivity contribution < 1.29 is 19.4 Å². The van der Waals surface area contributed by atoms with Gasteiger partial charge >= 0.3 is 12.1 Å². The van der Waals surface area contributed by atoms with Crippen molar-refractivity contribution in [3.05, 3.63) is 35.4 Å². The van der Waals surface area contributed by atoms with Gasteiger partial charge in [-0.25, -0.2) is 10.1 Å². The summed E-state index contributed by atoms with van der Waals surface area (Å²) in [4.78, 5) is 21.9. The van der Waals surface area contributed by atoms with Gasteiger partial charge in [0.05, 0.1) is 6.42 Å². The van der Waals surface area contributed by atoms with E-state index >= 15 is 0 Å². The lowest BCUT2D eigenvalue weighted by Crippen LogP contribution is -2.29. The molecular formula is C16H19NO4. The van der Waals surface area contributed by atoms with Gasteiger partial charge in [0.1, 0.15) is 5.60 Å². The van der Waals surface area contributed by atoms with E-state index in [-0.39, 0.29) is 6.42 Å². The highest BCUT2D eigenvalue weighted by molar-refractivity contribution is 5.70. The Morgan fingerprint density at radius 1 is 1.19 bits per heavy atom. The molecule has 1 aromatic rings. The van der Waals surface area contributed by atoms with E-state index in [4.69, 9.17) is 9.84 Å². The SMILES string of the molecule is CC(C)(C)OC(=O)NC#CCc1ccc(CC(=O)O)cc1. The van der Waals surface area contributed by atoms with Crippen LogP contribution < -0.4 is 5.32 Å². The fourth-order valence-electron chi connectivity index (χ4n) is 1.49. The lowest BCUT2D eigenvalue weighted by atomic mass is 10.1. The normalized spacial score (nSPS) is 10.2. The predicted octanol–water partition coefficient (Wildman–Crippen LogP) is 2.34. The summed E-state index contributed by atoms with van der Waals surface area (Å²) in [6.07, 6.45) is -0.109. The zero-order valence-corrected chi connectivity index (χ0v) is 12.4. The minimum absolute atomic E-state index is 0.00611. The number of carbonyl (C=O) groups is 2. The minimum Gasteiger partial charge on any atom is -0.481 e. The highest BCUT2D eigenvalue weighted by atomic mass is 16.6. The highest BCUT2D eigenvalue weighted by Gasteiger charge is 2.14. The molecule has 5 nitrogen and oxygen atoms in total. The molecule has 0 saturated carbocycles. The summed E-state index contributed by atoms with van der Waals surface area (Å²) in [6.45, 7) is 5.33. The maximum atomic E-state index is 11.3. The quantitative estimate of drug-likeness (QED) is 0.661. The van der Waals surface area contributed by atoms with Crippen LogP contribution in [0.4, 0.5) is 4.79 Å². The molecule has 2 N–H and O–H groups in total. The molecule has 1 rings (SSSR count). The number of rotatable bonds is 3. The highest BCUT2D eigenvalue weighted by Crippen LogP contribution is 2.06. The van der Waals surface area contributed by atoms with Gasteiger partial charge in [0.15, 0.2) is 0 Å². The zero-order valence-electron chi connectivity index (χ0n) is 12.4. The van der Waals surface area contributed by atoms with Gasteiger partial charge in [0.25, 0.3) is 0 Å². The van der Waals surface area contributed by atoms with Crippen molar-refractivity contribution in [2.24, 2.45) is 0 Å². The van der Waals surface area contributed by atoms with Gasteiger partial charge in [0.2, 0.25) is 0 Å². The number of nitrogens with one attached hydrogen (secondary N) is 1. The lowest BCUT2D eigenvalue weighted by molar-refractivity contribution is -0.136. The maximum absolute atomic E-state index is 11.3. The van der Waals surface area contributed by atoms with Crippen LogP contribution in [0.3, 0.4) is 0 Å². The molecular weight excluding hydrogens is 270 g/mol. The number of hydrogen-bond acceptors (Lipinski definition) is 3. The molecule has 0 fully saturated rings. The van der Waals surface area contributed by atoms with Crippen LogP contribution in [0, 0.1) is 12.0 Å². The monoisotopic (exact) mass is 289 g/mol. The molecule has 21 heavy (non-hydrogen) atoms. The van der Waals surface area contributed by atoms with Crippen LogP contribution >= 0.6 is 0 Å². The van der Waals surface area contributed by atoms with Crippen LogP contribution in [0.2, 0.25) is 0 Å². The van der Waals surface area contributed by atoms with Crippen LogP contribution in [-0.2, 0) is 22.4 Å². The number of aliphatic carboxylic acids is 1. The number of carboxylic acid groups (broad SMARTS) is 1. The topological polar surface area (TPSA) is 75.6 Å². The number of benzene rings is 1. The molecule has 0 atom stereocenters. The molecule has 5 heteroatoms. The molecule has 0 aliphatic heterocycles. The van der Waals surface area contributed by atoms with Gasteiger partial charge in [-0.1, -0.05) is 30.2 Å². The van der Waals surface area contributed by atoms with Crippen LogP contribution in [0.15, 0.2) is 24.3 Å². The molecule has 112 valence electrons. The Hall–Kier alpha value is -2.48. The third-order valence-electron chi connectivity index (χ3n) is 2.32. The first-order valence-corrected chi connectivity index (χ1v) is 6.53. The molecule has 0 heterocycles. The molecule has 0 aromatic heterocycles. The molecule has 0 aliphatic rings. The molecule has 1 amide bonds. The van der Waals surface area contributed by atoms with Gasteiger partial charge in [-0.15, -0.1) is 0 Å². The van der Waals surface area contributed by atoms with Crippen molar-refractivity contribution in [1.29, 1.82) is 0 Å². The predicted molar refractivity (Wildman–Crippen MR) is 78.6 cm³/mol. The third kappa shape index (κ3) is 7.63. The van der Waals surface area contributed by atoms with E-state index in [0.29, 0.717) is 6.42 Å². The van der Waals surface area contributed by atoms with Crippen molar-refractivity contribution in [2.45, 2.75) is 39.2 Å². The first-order chi connectivity index (χ1) is 9.76. The average molecular weight is 289 g/mol. The van der Waals surface area contributed by atoms with Gasteiger partial charge in [-0.05, 0) is 31.9 Å². The first kappa shape index (κ1) is 16.6. The summed E-state index contributed by atoms with van der Waals surface area (Å²) < 4.78 is 5.03. The fraction of sp³-hybridized carbons (Fsp3) is 0.375. The number of alkyl carbamates (subject to hydrolysis) is 1. The first-order valence-electron chi connectivity index (χ1n) is 6.53. The molecule has 0 unspecified atom stereocenters. The van der Waals surface area contributed by atoms with E-state index in [9.17, 15) is 9.59 Å². The summed E-state index contributed by atoms with van der Waals surface area (Å²) in [5.41, 5.74) is 1.14. The van der Waals surface area contributed by atoms with Gasteiger partial charge < -0.3 is 9.84 Å². The average Bonchev–Trinajstić information content (AvgIpc) is 2.34. The largest absolute Gasteiger partial charge is 0.481 e. The number of hydrogen-bond donors (Lipinski definition) is 2. The molecule has 0 bridgehead atoms. The standard InChI is InChI=1S/C16H19NO4/c1-16(2,3)21-15(20)17-10-4-5-12-6-8-13(9-7-12)11-14(18)19/h6-9H,5,11H2,1-3H3,(H,17,20)(H,18,19). The van der Waals surface area contributed by atoms with Crippen molar-refractivity contribution in [1.82, 2.24) is 5.32 Å². The Kier molecular flexibility index (Phi) is 5.79. The Morgan fingerprint density at radius 3 is 2.29 bits per heavy atom. The van der Waals surface area contributed by atoms with Crippen molar-refractivity contribution >= 4 is 12.1 Å². The molecule has 0 aliphatic carbocycles. The second-order valence-corrected chi connectivity index (χ2v) is 5.49. The van der Waals surface area contributed by atoms with Crippen LogP contribution in [0.25, 0.3) is 0 Å². The van der Waals surface area contributed by atoms with E-state index in [1.54, 1.807) is 32.9 Å². The van der Waals surface area contributed by atoms with Crippen molar-refractivity contribution in [3.63, 3.8) is 0 Å². The number of ether oxygens (including phenoxy) is 1. The Balaban J connectivity index is 2.44. The third-order valence-corrected chi connectivity index (χ3v) is 2.32. The zero-order chi connectivity index (χ0) is 15.9. The maximum Gasteiger partial charge on any atom is 0.419 e. The van der Waals surface area contributed by atoms with E-state index in [1.165, 1.54) is 0 Å². The summed E-state index contributed by atoms with van der Waals surface area (Å²) in [5, 5.41) is 11.0. The van der Waals surface area contributed by atoms with Crippen LogP contribution in [0.5, 0.6) is 0 Å². The molecule has 0 spiro atoms. The van der Waals surface area contributed by atoms with E-state index in [0.717, 1.165) is 11.1 Å². The Labute approximate surface area is 124 Å².